The molecule has 0 aliphatic heterocycles. The third kappa shape index (κ3) is 6.15. The summed E-state index contributed by atoms with van der Waals surface area (Å²) in [5, 5.41) is 25.7. The molecule has 43 heavy (non-hydrogen) atoms. The highest BCUT2D eigenvalue weighted by atomic mass is 35.5. The van der Waals surface area contributed by atoms with Crippen molar-refractivity contribution in [2.45, 2.75) is 44.1 Å². The van der Waals surface area contributed by atoms with E-state index in [4.69, 9.17) is 16.3 Å². The van der Waals surface area contributed by atoms with Crippen molar-refractivity contribution in [2.24, 2.45) is 5.92 Å². The van der Waals surface area contributed by atoms with E-state index in [0.717, 1.165) is 6.07 Å². The number of nitrogens with one attached hydrogen (secondary N) is 1. The number of alkyl halides is 3. The molecule has 2 aromatic carbocycles. The van der Waals surface area contributed by atoms with Crippen LogP contribution in [0, 0.1) is 11.7 Å². The molecule has 1 aliphatic rings. The van der Waals surface area contributed by atoms with Crippen molar-refractivity contribution < 1.29 is 37.3 Å². The first kappa shape index (κ1) is 30.7. The molecule has 1 unspecified atom stereocenters. The van der Waals surface area contributed by atoms with Gasteiger partial charge in [0.15, 0.2) is 0 Å². The van der Waals surface area contributed by atoms with Gasteiger partial charge in [0.2, 0.25) is 0 Å². The Bertz CT molecular complexity index is 1700. The number of nitrogens with zero attached hydrogens (tertiary/aromatic N) is 2. The minimum atomic E-state index is -4.63. The molecule has 226 valence electrons. The fraction of sp³-hybridized carbons (Fsp3) is 0.323. The number of aromatic nitrogens is 2. The zero-order chi connectivity index (χ0) is 31.3. The first-order chi connectivity index (χ1) is 20.1. The molecule has 1 amide bonds. The van der Waals surface area contributed by atoms with Crippen molar-refractivity contribution in [3.63, 3.8) is 0 Å². The van der Waals surface area contributed by atoms with Gasteiger partial charge in [0.05, 0.1) is 41.2 Å². The monoisotopic (exact) mass is 617 g/mol. The maximum absolute atomic E-state index is 13.6. The second-order valence-electron chi connectivity index (χ2n) is 11.1. The van der Waals surface area contributed by atoms with Crippen molar-refractivity contribution in [1.82, 2.24) is 15.3 Å². The van der Waals surface area contributed by atoms with Crippen molar-refractivity contribution in [3.8, 4) is 17.0 Å². The summed E-state index contributed by atoms with van der Waals surface area (Å²) in [4.78, 5) is 21.8. The van der Waals surface area contributed by atoms with Crippen LogP contribution >= 0.6 is 11.6 Å². The van der Waals surface area contributed by atoms with Crippen molar-refractivity contribution in [2.75, 3.05) is 13.7 Å². The third-order valence-corrected chi connectivity index (χ3v) is 7.89. The fourth-order valence-corrected chi connectivity index (χ4v) is 5.41. The van der Waals surface area contributed by atoms with E-state index >= 15 is 0 Å². The summed E-state index contributed by atoms with van der Waals surface area (Å²) < 4.78 is 58.8. The zero-order valence-corrected chi connectivity index (χ0v) is 24.1. The van der Waals surface area contributed by atoms with E-state index in [1.165, 1.54) is 63.4 Å². The van der Waals surface area contributed by atoms with Gasteiger partial charge in [0.25, 0.3) is 5.91 Å². The molecule has 0 spiro atoms. The van der Waals surface area contributed by atoms with E-state index in [1.807, 2.05) is 0 Å². The molecular weight excluding hydrogens is 590 g/mol. The predicted molar refractivity (Wildman–Crippen MR) is 152 cm³/mol. The molecule has 2 heterocycles. The molecule has 0 bridgehead atoms. The number of ether oxygens (including phenoxy) is 1. The highest BCUT2D eigenvalue weighted by Gasteiger charge is 2.47. The Hall–Kier alpha value is -3.80. The molecule has 12 heteroatoms. The molecule has 3 N–H and O–H groups in total. The molecule has 7 nitrogen and oxygen atoms in total. The van der Waals surface area contributed by atoms with Gasteiger partial charge in [-0.3, -0.25) is 9.78 Å². The lowest BCUT2D eigenvalue weighted by Gasteiger charge is -2.31. The van der Waals surface area contributed by atoms with Crippen LogP contribution in [0.3, 0.4) is 0 Å². The van der Waals surface area contributed by atoms with E-state index in [0.29, 0.717) is 24.6 Å². The maximum Gasteiger partial charge on any atom is 0.417 e. The number of aliphatic hydroxyl groups is 2. The van der Waals surface area contributed by atoms with Crippen LogP contribution in [0.1, 0.15) is 53.9 Å². The van der Waals surface area contributed by atoms with E-state index in [1.54, 1.807) is 0 Å². The minimum Gasteiger partial charge on any atom is -0.494 e. The molecule has 1 fully saturated rings. The van der Waals surface area contributed by atoms with Gasteiger partial charge in [0.1, 0.15) is 22.7 Å². The number of hydrogen-bond donors (Lipinski definition) is 3. The highest BCUT2D eigenvalue weighted by Crippen LogP contribution is 2.47. The Morgan fingerprint density at radius 1 is 1.09 bits per heavy atom. The number of hydrogen-bond acceptors (Lipinski definition) is 6. The van der Waals surface area contributed by atoms with Crippen LogP contribution in [0.2, 0.25) is 5.02 Å². The van der Waals surface area contributed by atoms with Crippen LogP contribution in [-0.2, 0) is 17.4 Å². The summed E-state index contributed by atoms with van der Waals surface area (Å²) in [6, 6.07) is 10.4. The lowest BCUT2D eigenvalue weighted by Crippen LogP contribution is -2.43. The van der Waals surface area contributed by atoms with Crippen LogP contribution in [0.5, 0.6) is 5.75 Å². The van der Waals surface area contributed by atoms with Crippen LogP contribution < -0.4 is 10.1 Å². The molecule has 4 aromatic rings. The Morgan fingerprint density at radius 2 is 1.77 bits per heavy atom. The van der Waals surface area contributed by atoms with Gasteiger partial charge in [-0.1, -0.05) is 11.6 Å². The Labute approximate surface area is 249 Å². The van der Waals surface area contributed by atoms with Gasteiger partial charge in [0, 0.05) is 28.3 Å². The average molecular weight is 618 g/mol. The smallest absolute Gasteiger partial charge is 0.417 e. The van der Waals surface area contributed by atoms with Crippen LogP contribution in [-0.4, -0.2) is 39.7 Å². The third-order valence-electron chi connectivity index (χ3n) is 7.51. The molecule has 0 saturated heterocycles. The lowest BCUT2D eigenvalue weighted by molar-refractivity contribution is -0.137. The van der Waals surface area contributed by atoms with Gasteiger partial charge < -0.3 is 20.3 Å². The zero-order valence-electron chi connectivity index (χ0n) is 23.4. The number of benzene rings is 2. The standard InChI is InChI=1S/C31H28ClF4N3O4/c1-29(2,41)22-13-24(39-27(25(22)32)16-4-8-21(33)9-5-16)30(42,19-6-7-19)15-38-28(40)18-10-17-11-20(31(34,35)36)14-37-26(17)23(12-18)43-3/h4-5,8-14,19,41-42H,6-7,15H2,1-3H3,(H,38,40). The fourth-order valence-electron chi connectivity index (χ4n) is 4.98. The van der Waals surface area contributed by atoms with Crippen LogP contribution in [0.4, 0.5) is 17.6 Å². The number of pyridine rings is 2. The second kappa shape index (κ2) is 11.0. The predicted octanol–water partition coefficient (Wildman–Crippen LogP) is 6.37. The summed E-state index contributed by atoms with van der Waals surface area (Å²) in [7, 11) is 1.31. The normalized spacial score (nSPS) is 15.3. The van der Waals surface area contributed by atoms with Crippen LogP contribution in [0.15, 0.2) is 54.7 Å². The van der Waals surface area contributed by atoms with Gasteiger partial charge in [-0.25, -0.2) is 9.37 Å². The van der Waals surface area contributed by atoms with E-state index in [9.17, 15) is 32.6 Å². The van der Waals surface area contributed by atoms with Gasteiger partial charge >= 0.3 is 6.18 Å². The largest absolute Gasteiger partial charge is 0.494 e. The summed E-state index contributed by atoms with van der Waals surface area (Å²) in [6.07, 6.45) is -2.67. The summed E-state index contributed by atoms with van der Waals surface area (Å²) in [5.41, 5.74) is -2.87. The Balaban J connectivity index is 1.52. The van der Waals surface area contributed by atoms with E-state index in [-0.39, 0.29) is 56.7 Å². The summed E-state index contributed by atoms with van der Waals surface area (Å²) in [6.45, 7) is 2.74. The topological polar surface area (TPSA) is 105 Å². The van der Waals surface area contributed by atoms with Gasteiger partial charge in [-0.2, -0.15) is 13.2 Å². The number of carbonyl (C=O) groups excluding carboxylic acids is 1. The first-order valence-electron chi connectivity index (χ1n) is 13.4. The molecule has 1 saturated carbocycles. The lowest BCUT2D eigenvalue weighted by atomic mass is 9.88. The van der Waals surface area contributed by atoms with Crippen molar-refractivity contribution in [3.05, 3.63) is 88.0 Å². The van der Waals surface area contributed by atoms with Crippen LogP contribution in [0.25, 0.3) is 22.2 Å². The number of amides is 1. The SMILES string of the molecule is COc1cc(C(=O)NCC(O)(c2cc(C(C)(C)O)c(Cl)c(-c3ccc(F)cc3)n2)C2CC2)cc2cc(C(F)(F)F)cnc12. The number of halogens is 5. The summed E-state index contributed by atoms with van der Waals surface area (Å²) in [5.74, 6) is -1.33. The number of methoxy groups -OCH3 is 1. The minimum absolute atomic E-state index is 0.00290. The number of carbonyl (C=O) groups is 1. The molecule has 2 aromatic heterocycles. The second-order valence-corrected chi connectivity index (χ2v) is 11.5. The Kier molecular flexibility index (Phi) is 7.87. The van der Waals surface area contributed by atoms with Crippen molar-refractivity contribution in [1.29, 1.82) is 0 Å². The maximum atomic E-state index is 13.6. The molecular formula is C31H28ClF4N3O4. The average Bonchev–Trinajstić information content (AvgIpc) is 3.80. The van der Waals surface area contributed by atoms with E-state index in [2.05, 4.69) is 15.3 Å². The summed E-state index contributed by atoms with van der Waals surface area (Å²) >= 11 is 6.65. The highest BCUT2D eigenvalue weighted by molar-refractivity contribution is 6.34. The molecule has 1 aliphatic carbocycles. The molecule has 0 radical (unpaired) electrons. The number of rotatable bonds is 8. The molecule has 1 atom stereocenters. The van der Waals surface area contributed by atoms with Crippen molar-refractivity contribution >= 4 is 28.4 Å². The van der Waals surface area contributed by atoms with Gasteiger partial charge in [-0.15, -0.1) is 0 Å². The van der Waals surface area contributed by atoms with Gasteiger partial charge in [-0.05, 0) is 81.1 Å². The quantitative estimate of drug-likeness (QED) is 0.199. The molecule has 5 rings (SSSR count). The Morgan fingerprint density at radius 3 is 2.35 bits per heavy atom. The van der Waals surface area contributed by atoms with E-state index < -0.39 is 34.7 Å². The first-order valence-corrected chi connectivity index (χ1v) is 13.7. The number of fused-ring (bicyclic) bond motifs is 1.